The van der Waals surface area contributed by atoms with Crippen molar-refractivity contribution in [1.82, 2.24) is 10.3 Å². The summed E-state index contributed by atoms with van der Waals surface area (Å²) in [5, 5.41) is 9.48. The zero-order chi connectivity index (χ0) is 12.1. The highest BCUT2D eigenvalue weighted by Gasteiger charge is 2.09. The van der Waals surface area contributed by atoms with Gasteiger partial charge in [-0.15, -0.1) is 23.7 Å². The topological polar surface area (TPSA) is 68.0 Å². The Bertz CT molecular complexity index is 484. The van der Waals surface area contributed by atoms with Crippen LogP contribution in [0.25, 0.3) is 0 Å². The molecule has 98 valence electrons. The van der Waals surface area contributed by atoms with E-state index in [1.54, 1.807) is 16.7 Å². The van der Waals surface area contributed by atoms with Crippen LogP contribution in [0.2, 0.25) is 0 Å². The molecule has 0 saturated carbocycles. The molecule has 0 aromatic carbocycles. The van der Waals surface area contributed by atoms with Crippen molar-refractivity contribution in [1.29, 1.82) is 0 Å². The van der Waals surface area contributed by atoms with E-state index in [9.17, 15) is 4.79 Å². The van der Waals surface area contributed by atoms with Crippen LogP contribution < -0.4 is 11.1 Å². The molecule has 4 nitrogen and oxygen atoms in total. The van der Waals surface area contributed by atoms with Crippen LogP contribution in [0.1, 0.15) is 21.1 Å². The number of aromatic nitrogens is 1. The summed E-state index contributed by atoms with van der Waals surface area (Å²) in [6, 6.07) is 2.06. The van der Waals surface area contributed by atoms with E-state index >= 15 is 0 Å². The first-order valence-electron chi connectivity index (χ1n) is 5.23. The number of amides is 1. The highest BCUT2D eigenvalue weighted by molar-refractivity contribution is 7.09. The van der Waals surface area contributed by atoms with Gasteiger partial charge in [0, 0.05) is 18.5 Å². The smallest absolute Gasteiger partial charge is 0.270 e. The van der Waals surface area contributed by atoms with Gasteiger partial charge in [0.05, 0.1) is 0 Å². The van der Waals surface area contributed by atoms with Crippen molar-refractivity contribution in [3.05, 3.63) is 38.5 Å². The Kier molecular flexibility index (Phi) is 6.28. The van der Waals surface area contributed by atoms with Crippen molar-refractivity contribution in [3.63, 3.8) is 0 Å². The number of hydrogen-bond acceptors (Lipinski definition) is 5. The maximum Gasteiger partial charge on any atom is 0.270 e. The zero-order valence-corrected chi connectivity index (χ0v) is 12.0. The normalized spacial score (nSPS) is 9.83. The fourth-order valence-electron chi connectivity index (χ4n) is 1.35. The van der Waals surface area contributed by atoms with E-state index in [0.717, 1.165) is 11.4 Å². The summed E-state index contributed by atoms with van der Waals surface area (Å²) in [5.41, 5.74) is 7.15. The van der Waals surface area contributed by atoms with Crippen LogP contribution in [-0.4, -0.2) is 17.4 Å². The maximum atomic E-state index is 11.7. The molecule has 0 unspecified atom stereocenters. The van der Waals surface area contributed by atoms with Gasteiger partial charge < -0.3 is 11.1 Å². The van der Waals surface area contributed by atoms with Gasteiger partial charge in [0.25, 0.3) is 5.91 Å². The first-order valence-corrected chi connectivity index (χ1v) is 7.05. The predicted molar refractivity (Wildman–Crippen MR) is 77.6 cm³/mol. The standard InChI is InChI=1S/C11H13N3OS2.ClH/c12-5-10-14-9(7-17-10)11(15)13-3-1-8-2-4-16-6-8;/h2,4,6-7H,1,3,5,12H2,(H,13,15);1H. The minimum atomic E-state index is -0.129. The lowest BCUT2D eigenvalue weighted by molar-refractivity contribution is 0.0949. The average molecular weight is 304 g/mol. The van der Waals surface area contributed by atoms with Crippen LogP contribution in [0.3, 0.4) is 0 Å². The molecule has 0 bridgehead atoms. The van der Waals surface area contributed by atoms with Gasteiger partial charge in [-0.1, -0.05) is 0 Å². The molecule has 2 heterocycles. The molecule has 0 fully saturated rings. The van der Waals surface area contributed by atoms with Crippen molar-refractivity contribution < 1.29 is 4.79 Å². The largest absolute Gasteiger partial charge is 0.350 e. The molecule has 3 N–H and O–H groups in total. The van der Waals surface area contributed by atoms with Gasteiger partial charge >= 0.3 is 0 Å². The van der Waals surface area contributed by atoms with E-state index in [2.05, 4.69) is 21.7 Å². The number of thiazole rings is 1. The van der Waals surface area contributed by atoms with Crippen molar-refractivity contribution >= 4 is 41.0 Å². The maximum absolute atomic E-state index is 11.7. The number of nitrogens with one attached hydrogen (secondary N) is 1. The van der Waals surface area contributed by atoms with Gasteiger partial charge in [-0.2, -0.15) is 11.3 Å². The fraction of sp³-hybridized carbons (Fsp3) is 0.273. The minimum absolute atomic E-state index is 0. The molecule has 0 saturated heterocycles. The van der Waals surface area contributed by atoms with Crippen LogP contribution in [-0.2, 0) is 13.0 Å². The molecular formula is C11H14ClN3OS2. The number of hydrogen-bond donors (Lipinski definition) is 2. The highest BCUT2D eigenvalue weighted by atomic mass is 35.5. The third kappa shape index (κ3) is 4.06. The highest BCUT2D eigenvalue weighted by Crippen LogP contribution is 2.09. The average Bonchev–Trinajstić information content (AvgIpc) is 2.99. The predicted octanol–water partition coefficient (Wildman–Crippen LogP) is 2.06. The van der Waals surface area contributed by atoms with Crippen LogP contribution in [0.5, 0.6) is 0 Å². The molecule has 0 aliphatic rings. The Balaban J connectivity index is 0.00000162. The summed E-state index contributed by atoms with van der Waals surface area (Å²) < 4.78 is 0. The first kappa shape index (κ1) is 15.1. The van der Waals surface area contributed by atoms with E-state index in [0.29, 0.717) is 18.8 Å². The van der Waals surface area contributed by atoms with Gasteiger partial charge in [-0.25, -0.2) is 4.98 Å². The second kappa shape index (κ2) is 7.48. The fourth-order valence-corrected chi connectivity index (χ4v) is 2.71. The number of carbonyl (C=O) groups is 1. The molecule has 2 aromatic heterocycles. The molecule has 2 aromatic rings. The van der Waals surface area contributed by atoms with Gasteiger partial charge in [0.2, 0.25) is 0 Å². The molecule has 0 radical (unpaired) electrons. The van der Waals surface area contributed by atoms with Crippen LogP contribution in [0, 0.1) is 0 Å². The number of halogens is 1. The SMILES string of the molecule is Cl.NCc1nc(C(=O)NCCc2ccsc2)cs1. The van der Waals surface area contributed by atoms with Crippen molar-refractivity contribution in [3.8, 4) is 0 Å². The first-order chi connectivity index (χ1) is 8.29. The Morgan fingerprint density at radius 3 is 2.89 bits per heavy atom. The van der Waals surface area contributed by atoms with E-state index in [1.165, 1.54) is 16.9 Å². The van der Waals surface area contributed by atoms with Crippen LogP contribution in [0.15, 0.2) is 22.2 Å². The van der Waals surface area contributed by atoms with Gasteiger partial charge in [-0.05, 0) is 28.8 Å². The molecule has 7 heteroatoms. The summed E-state index contributed by atoms with van der Waals surface area (Å²) in [6.45, 7) is 1.01. The third-order valence-corrected chi connectivity index (χ3v) is 3.84. The monoisotopic (exact) mass is 303 g/mol. The zero-order valence-electron chi connectivity index (χ0n) is 9.59. The molecule has 0 atom stereocenters. The lowest BCUT2D eigenvalue weighted by atomic mass is 10.2. The second-order valence-corrected chi connectivity index (χ2v) is 5.19. The molecule has 2 rings (SSSR count). The molecule has 18 heavy (non-hydrogen) atoms. The number of nitrogens with two attached hydrogens (primary N) is 1. The molecule has 0 aliphatic heterocycles. The van der Waals surface area contributed by atoms with E-state index in [4.69, 9.17) is 5.73 Å². The number of thiophene rings is 1. The molecular weight excluding hydrogens is 290 g/mol. The van der Waals surface area contributed by atoms with Crippen LogP contribution >= 0.6 is 35.1 Å². The quantitative estimate of drug-likeness (QED) is 0.888. The lowest BCUT2D eigenvalue weighted by Gasteiger charge is -2.01. The lowest BCUT2D eigenvalue weighted by Crippen LogP contribution is -2.25. The van der Waals surface area contributed by atoms with Crippen molar-refractivity contribution in [2.45, 2.75) is 13.0 Å². The van der Waals surface area contributed by atoms with Gasteiger partial charge in [0.1, 0.15) is 10.7 Å². The number of rotatable bonds is 5. The molecule has 0 spiro atoms. The minimum Gasteiger partial charge on any atom is -0.350 e. The van der Waals surface area contributed by atoms with Crippen molar-refractivity contribution in [2.24, 2.45) is 5.73 Å². The summed E-state index contributed by atoms with van der Waals surface area (Å²) in [6.07, 6.45) is 0.850. The van der Waals surface area contributed by atoms with E-state index < -0.39 is 0 Å². The summed E-state index contributed by atoms with van der Waals surface area (Å²) in [4.78, 5) is 15.8. The second-order valence-electron chi connectivity index (χ2n) is 3.47. The molecule has 1 amide bonds. The van der Waals surface area contributed by atoms with E-state index in [-0.39, 0.29) is 18.3 Å². The number of nitrogens with zero attached hydrogens (tertiary/aromatic N) is 1. The number of carbonyl (C=O) groups excluding carboxylic acids is 1. The Morgan fingerprint density at radius 2 is 2.28 bits per heavy atom. The summed E-state index contributed by atoms with van der Waals surface area (Å²) in [7, 11) is 0. The van der Waals surface area contributed by atoms with Gasteiger partial charge in [0.15, 0.2) is 0 Å². The Morgan fingerprint density at radius 1 is 1.44 bits per heavy atom. The van der Waals surface area contributed by atoms with Gasteiger partial charge in [-0.3, -0.25) is 4.79 Å². The summed E-state index contributed by atoms with van der Waals surface area (Å²) in [5.74, 6) is -0.129. The Hall–Kier alpha value is -0.950. The van der Waals surface area contributed by atoms with Crippen LogP contribution in [0.4, 0.5) is 0 Å². The Labute approximate surface area is 120 Å². The third-order valence-electron chi connectivity index (χ3n) is 2.24. The summed E-state index contributed by atoms with van der Waals surface area (Å²) >= 11 is 3.08. The van der Waals surface area contributed by atoms with Crippen molar-refractivity contribution in [2.75, 3.05) is 6.54 Å². The van der Waals surface area contributed by atoms with E-state index in [1.807, 2.05) is 5.38 Å². The molecule has 0 aliphatic carbocycles.